The van der Waals surface area contributed by atoms with Crippen LogP contribution in [-0.2, 0) is 24.8 Å². The molecule has 3 rings (SSSR count). The number of nitrogens with one attached hydrogen (secondary N) is 1. The first-order valence-corrected chi connectivity index (χ1v) is 9.12. The van der Waals surface area contributed by atoms with Gasteiger partial charge in [0.1, 0.15) is 6.54 Å². The van der Waals surface area contributed by atoms with Crippen molar-refractivity contribution in [2.24, 2.45) is 7.05 Å². The number of para-hydroxylation sites is 1. The molecule has 1 amide bonds. The average Bonchev–Trinajstić information content (AvgIpc) is 2.75. The molecular formula is C21H23N3O5. The summed E-state index contributed by atoms with van der Waals surface area (Å²) in [6.07, 6.45) is 0.566. The van der Waals surface area contributed by atoms with Crippen molar-refractivity contribution in [3.05, 3.63) is 68.9 Å². The van der Waals surface area contributed by atoms with E-state index in [1.807, 2.05) is 12.1 Å². The number of carbonyl (C=O) groups is 1. The Hall–Kier alpha value is -3.55. The number of ether oxygens (including phenoxy) is 2. The third kappa shape index (κ3) is 4.16. The maximum absolute atomic E-state index is 12.6. The lowest BCUT2D eigenvalue weighted by Crippen LogP contribution is -2.43. The Labute approximate surface area is 167 Å². The quantitative estimate of drug-likeness (QED) is 0.644. The van der Waals surface area contributed by atoms with Crippen LogP contribution in [0.15, 0.2) is 52.1 Å². The van der Waals surface area contributed by atoms with E-state index >= 15 is 0 Å². The Morgan fingerprint density at radius 1 is 1.03 bits per heavy atom. The number of fused-ring (bicyclic) bond motifs is 1. The number of carbonyl (C=O) groups excluding carboxylic acids is 1. The van der Waals surface area contributed by atoms with Crippen LogP contribution < -0.4 is 26.0 Å². The number of nitrogens with zero attached hydrogens (tertiary/aromatic N) is 2. The maximum atomic E-state index is 12.6. The van der Waals surface area contributed by atoms with Gasteiger partial charge in [0.25, 0.3) is 5.56 Å². The summed E-state index contributed by atoms with van der Waals surface area (Å²) in [6.45, 7) is 0.0270. The lowest BCUT2D eigenvalue weighted by atomic mass is 10.1. The van der Waals surface area contributed by atoms with E-state index in [-0.39, 0.29) is 6.54 Å². The topological polar surface area (TPSA) is 91.6 Å². The molecule has 0 spiro atoms. The van der Waals surface area contributed by atoms with Gasteiger partial charge in [0.05, 0.1) is 25.1 Å². The molecule has 1 heterocycles. The monoisotopic (exact) mass is 397 g/mol. The summed E-state index contributed by atoms with van der Waals surface area (Å²) in [7, 11) is 4.71. The van der Waals surface area contributed by atoms with E-state index in [2.05, 4.69) is 5.32 Å². The van der Waals surface area contributed by atoms with Gasteiger partial charge in [-0.15, -0.1) is 0 Å². The van der Waals surface area contributed by atoms with E-state index in [9.17, 15) is 14.4 Å². The number of aryl methyl sites for hydroxylation is 1. The van der Waals surface area contributed by atoms with Gasteiger partial charge < -0.3 is 14.8 Å². The second-order valence-corrected chi connectivity index (χ2v) is 6.54. The van der Waals surface area contributed by atoms with Gasteiger partial charge in [-0.1, -0.05) is 18.2 Å². The number of benzene rings is 2. The summed E-state index contributed by atoms with van der Waals surface area (Å²) in [5.41, 5.74) is 0.497. The Morgan fingerprint density at radius 3 is 2.48 bits per heavy atom. The fourth-order valence-electron chi connectivity index (χ4n) is 3.18. The predicted molar refractivity (Wildman–Crippen MR) is 110 cm³/mol. The van der Waals surface area contributed by atoms with Crippen LogP contribution in [0.25, 0.3) is 10.9 Å². The number of amides is 1. The Morgan fingerprint density at radius 2 is 1.76 bits per heavy atom. The first-order chi connectivity index (χ1) is 14.0. The van der Waals surface area contributed by atoms with Gasteiger partial charge in [-0.25, -0.2) is 4.79 Å². The number of rotatable bonds is 7. The third-order valence-electron chi connectivity index (χ3n) is 4.74. The van der Waals surface area contributed by atoms with Crippen molar-refractivity contribution in [3.8, 4) is 11.5 Å². The smallest absolute Gasteiger partial charge is 0.331 e. The molecule has 8 heteroatoms. The van der Waals surface area contributed by atoms with Gasteiger partial charge in [0.2, 0.25) is 5.91 Å². The van der Waals surface area contributed by atoms with Crippen molar-refractivity contribution >= 4 is 16.8 Å². The molecule has 0 saturated carbocycles. The third-order valence-corrected chi connectivity index (χ3v) is 4.74. The van der Waals surface area contributed by atoms with E-state index in [4.69, 9.17) is 9.47 Å². The number of methoxy groups -OCH3 is 2. The highest BCUT2D eigenvalue weighted by Crippen LogP contribution is 2.27. The molecule has 8 nitrogen and oxygen atoms in total. The largest absolute Gasteiger partial charge is 0.493 e. The highest BCUT2D eigenvalue weighted by molar-refractivity contribution is 5.79. The maximum Gasteiger partial charge on any atom is 0.331 e. The molecule has 1 aromatic heterocycles. The fraction of sp³-hybridized carbons (Fsp3) is 0.286. The molecule has 2 aromatic carbocycles. The van der Waals surface area contributed by atoms with Gasteiger partial charge in [0.15, 0.2) is 11.5 Å². The minimum Gasteiger partial charge on any atom is -0.493 e. The molecule has 152 valence electrons. The minimum absolute atomic E-state index is 0.331. The normalized spacial score (nSPS) is 10.7. The average molecular weight is 397 g/mol. The molecule has 0 unspecified atom stereocenters. The number of hydrogen-bond donors (Lipinski definition) is 1. The van der Waals surface area contributed by atoms with E-state index in [0.29, 0.717) is 35.4 Å². The van der Waals surface area contributed by atoms with Crippen molar-refractivity contribution < 1.29 is 14.3 Å². The van der Waals surface area contributed by atoms with E-state index < -0.39 is 17.2 Å². The Balaban J connectivity index is 1.69. The standard InChI is InChI=1S/C21H23N3O5/c1-23-16-7-5-4-6-15(16)20(26)24(21(23)27)13-19(25)22-11-10-14-8-9-17(28-2)18(12-14)29-3/h4-9,12H,10-11,13H2,1-3H3,(H,22,25). The van der Waals surface area contributed by atoms with Crippen LogP contribution in [0, 0.1) is 0 Å². The minimum atomic E-state index is -0.524. The molecule has 0 bridgehead atoms. The van der Waals surface area contributed by atoms with Crippen LogP contribution in [0.4, 0.5) is 0 Å². The lowest BCUT2D eigenvalue weighted by Gasteiger charge is -2.12. The summed E-state index contributed by atoms with van der Waals surface area (Å²) in [5.74, 6) is 0.842. The Kier molecular flexibility index (Phi) is 6.01. The molecule has 0 atom stereocenters. The lowest BCUT2D eigenvalue weighted by molar-refractivity contribution is -0.121. The van der Waals surface area contributed by atoms with Crippen LogP contribution in [0.3, 0.4) is 0 Å². The summed E-state index contributed by atoms with van der Waals surface area (Å²) in [4.78, 5) is 37.4. The summed E-state index contributed by atoms with van der Waals surface area (Å²) < 4.78 is 12.8. The molecule has 29 heavy (non-hydrogen) atoms. The molecule has 0 radical (unpaired) electrons. The molecule has 0 saturated heterocycles. The zero-order valence-corrected chi connectivity index (χ0v) is 16.6. The second kappa shape index (κ2) is 8.64. The number of aromatic nitrogens is 2. The molecule has 0 aliphatic carbocycles. The van der Waals surface area contributed by atoms with E-state index in [1.54, 1.807) is 51.6 Å². The first kappa shape index (κ1) is 20.2. The van der Waals surface area contributed by atoms with Crippen molar-refractivity contribution in [1.29, 1.82) is 0 Å². The molecule has 0 aliphatic heterocycles. The van der Waals surface area contributed by atoms with E-state index in [1.165, 1.54) is 4.57 Å². The molecular weight excluding hydrogens is 374 g/mol. The van der Waals surface area contributed by atoms with Gasteiger partial charge >= 0.3 is 5.69 Å². The Bertz CT molecular complexity index is 1160. The summed E-state index contributed by atoms with van der Waals surface area (Å²) in [6, 6.07) is 12.3. The van der Waals surface area contributed by atoms with Crippen molar-refractivity contribution in [3.63, 3.8) is 0 Å². The van der Waals surface area contributed by atoms with Crippen LogP contribution in [0.2, 0.25) is 0 Å². The van der Waals surface area contributed by atoms with E-state index in [0.717, 1.165) is 10.1 Å². The van der Waals surface area contributed by atoms with Crippen LogP contribution in [0.5, 0.6) is 11.5 Å². The SMILES string of the molecule is COc1ccc(CCNC(=O)Cn2c(=O)c3ccccc3n(C)c2=O)cc1OC. The number of hydrogen-bond acceptors (Lipinski definition) is 5. The summed E-state index contributed by atoms with van der Waals surface area (Å²) in [5, 5.41) is 3.14. The highest BCUT2D eigenvalue weighted by atomic mass is 16.5. The van der Waals surface area contributed by atoms with Crippen LogP contribution in [-0.4, -0.2) is 35.8 Å². The molecule has 0 aliphatic rings. The second-order valence-electron chi connectivity index (χ2n) is 6.54. The molecule has 1 N–H and O–H groups in total. The fourth-order valence-corrected chi connectivity index (χ4v) is 3.18. The van der Waals surface area contributed by atoms with Crippen molar-refractivity contribution in [2.45, 2.75) is 13.0 Å². The van der Waals surface area contributed by atoms with Gasteiger partial charge in [0, 0.05) is 13.6 Å². The summed E-state index contributed by atoms with van der Waals surface area (Å²) >= 11 is 0. The van der Waals surface area contributed by atoms with Crippen molar-refractivity contribution in [1.82, 2.24) is 14.5 Å². The van der Waals surface area contributed by atoms with Gasteiger partial charge in [-0.3, -0.25) is 18.7 Å². The zero-order chi connectivity index (χ0) is 21.0. The molecule has 0 fully saturated rings. The van der Waals surface area contributed by atoms with Crippen LogP contribution >= 0.6 is 0 Å². The predicted octanol–water partition coefficient (Wildman–Crippen LogP) is 1.08. The molecule has 3 aromatic rings. The first-order valence-electron chi connectivity index (χ1n) is 9.12. The van der Waals surface area contributed by atoms with Gasteiger partial charge in [-0.2, -0.15) is 0 Å². The van der Waals surface area contributed by atoms with Gasteiger partial charge in [-0.05, 0) is 36.2 Å². The van der Waals surface area contributed by atoms with Crippen LogP contribution in [0.1, 0.15) is 5.56 Å². The zero-order valence-electron chi connectivity index (χ0n) is 16.6. The highest BCUT2D eigenvalue weighted by Gasteiger charge is 2.13. The van der Waals surface area contributed by atoms with Crippen molar-refractivity contribution in [2.75, 3.05) is 20.8 Å².